The largest absolute Gasteiger partial charge is 0.360 e. The zero-order valence-corrected chi connectivity index (χ0v) is 13.9. The third kappa shape index (κ3) is 5.61. The summed E-state index contributed by atoms with van der Waals surface area (Å²) in [7, 11) is 0. The monoisotopic (exact) mass is 340 g/mol. The van der Waals surface area contributed by atoms with Gasteiger partial charge in [0.05, 0.1) is 5.75 Å². The summed E-state index contributed by atoms with van der Waals surface area (Å²) in [6.07, 6.45) is 0. The fraction of sp³-hybridized carbons (Fsp3) is 0.357. The molecule has 5 nitrogen and oxygen atoms in total. The zero-order valence-electron chi connectivity index (χ0n) is 12.3. The van der Waals surface area contributed by atoms with E-state index in [1.54, 1.807) is 12.1 Å². The molecule has 1 heterocycles. The predicted molar refractivity (Wildman–Crippen MR) is 89.0 cm³/mol. The van der Waals surface area contributed by atoms with Crippen molar-refractivity contribution in [3.63, 3.8) is 0 Å². The molecule has 0 atom stereocenters. The Hall–Kier alpha value is -1.67. The standard InChI is InChI=1S/C14H17FN4OS2/c1-9(2)7-16-13-18-19-14(22-13)21-8-12(20)17-11-5-3-4-10(15)6-11/h3-6,9H,7-8H2,1-2H3,(H,16,18)(H,17,20). The Kier molecular flexibility index (Phi) is 6.14. The molecule has 8 heteroatoms. The Bertz CT molecular complexity index is 633. The molecule has 22 heavy (non-hydrogen) atoms. The summed E-state index contributed by atoms with van der Waals surface area (Å²) in [5.41, 5.74) is 0.446. The molecule has 0 saturated heterocycles. The minimum absolute atomic E-state index is 0.204. The first-order chi connectivity index (χ1) is 10.5. The van der Waals surface area contributed by atoms with Gasteiger partial charge in [-0.2, -0.15) is 0 Å². The summed E-state index contributed by atoms with van der Waals surface area (Å²) >= 11 is 2.72. The predicted octanol–water partition coefficient (Wildman–Crippen LogP) is 3.48. The van der Waals surface area contributed by atoms with Gasteiger partial charge in [0.15, 0.2) is 4.34 Å². The molecule has 2 N–H and O–H groups in total. The number of carbonyl (C=O) groups is 1. The van der Waals surface area contributed by atoms with E-state index >= 15 is 0 Å². The molecule has 1 aromatic carbocycles. The van der Waals surface area contributed by atoms with Crippen LogP contribution in [0, 0.1) is 11.7 Å². The van der Waals surface area contributed by atoms with Crippen LogP contribution in [-0.2, 0) is 4.79 Å². The fourth-order valence-corrected chi connectivity index (χ4v) is 3.08. The van der Waals surface area contributed by atoms with Crippen LogP contribution in [0.25, 0.3) is 0 Å². The first-order valence-electron chi connectivity index (χ1n) is 6.78. The van der Waals surface area contributed by atoms with E-state index in [0.29, 0.717) is 11.6 Å². The minimum Gasteiger partial charge on any atom is -0.360 e. The number of carbonyl (C=O) groups excluding carboxylic acids is 1. The molecule has 0 spiro atoms. The van der Waals surface area contributed by atoms with E-state index in [-0.39, 0.29) is 17.5 Å². The van der Waals surface area contributed by atoms with Crippen LogP contribution in [0.4, 0.5) is 15.2 Å². The highest BCUT2D eigenvalue weighted by atomic mass is 32.2. The van der Waals surface area contributed by atoms with E-state index in [2.05, 4.69) is 34.7 Å². The van der Waals surface area contributed by atoms with Gasteiger partial charge in [0.2, 0.25) is 11.0 Å². The molecule has 0 fully saturated rings. The first kappa shape index (κ1) is 16.7. The van der Waals surface area contributed by atoms with Crippen LogP contribution in [0.1, 0.15) is 13.8 Å². The second-order valence-electron chi connectivity index (χ2n) is 5.00. The van der Waals surface area contributed by atoms with E-state index in [0.717, 1.165) is 16.0 Å². The molecule has 1 aromatic heterocycles. The number of nitrogens with one attached hydrogen (secondary N) is 2. The van der Waals surface area contributed by atoms with Gasteiger partial charge in [-0.05, 0) is 24.1 Å². The van der Waals surface area contributed by atoms with Crippen molar-refractivity contribution in [2.45, 2.75) is 18.2 Å². The summed E-state index contributed by atoms with van der Waals surface area (Å²) in [6.45, 7) is 5.06. The first-order valence-corrected chi connectivity index (χ1v) is 8.58. The van der Waals surface area contributed by atoms with Crippen LogP contribution in [0.5, 0.6) is 0 Å². The van der Waals surface area contributed by atoms with Gasteiger partial charge < -0.3 is 10.6 Å². The van der Waals surface area contributed by atoms with E-state index in [4.69, 9.17) is 0 Å². The van der Waals surface area contributed by atoms with Crippen LogP contribution in [0.3, 0.4) is 0 Å². The van der Waals surface area contributed by atoms with E-state index < -0.39 is 0 Å². The lowest BCUT2D eigenvalue weighted by Gasteiger charge is -2.04. The lowest BCUT2D eigenvalue weighted by molar-refractivity contribution is -0.113. The molecule has 0 bridgehead atoms. The second kappa shape index (κ2) is 8.09. The zero-order chi connectivity index (χ0) is 15.9. The van der Waals surface area contributed by atoms with E-state index in [9.17, 15) is 9.18 Å². The van der Waals surface area contributed by atoms with Crippen molar-refractivity contribution in [1.82, 2.24) is 10.2 Å². The molecule has 0 saturated carbocycles. The molecular weight excluding hydrogens is 323 g/mol. The molecule has 0 radical (unpaired) electrons. The summed E-state index contributed by atoms with van der Waals surface area (Å²) in [5.74, 6) is 0.143. The minimum atomic E-state index is -0.379. The van der Waals surface area contributed by atoms with Crippen molar-refractivity contribution >= 4 is 39.8 Å². The highest BCUT2D eigenvalue weighted by Crippen LogP contribution is 2.25. The van der Waals surface area contributed by atoms with Gasteiger partial charge in [-0.15, -0.1) is 10.2 Å². The number of thioether (sulfide) groups is 1. The molecule has 118 valence electrons. The van der Waals surface area contributed by atoms with Gasteiger partial charge in [0, 0.05) is 12.2 Å². The smallest absolute Gasteiger partial charge is 0.234 e. The molecule has 2 rings (SSSR count). The molecule has 0 aliphatic rings. The number of benzene rings is 1. The van der Waals surface area contributed by atoms with Gasteiger partial charge in [0.25, 0.3) is 0 Å². The van der Waals surface area contributed by atoms with E-state index in [1.165, 1.54) is 35.2 Å². The maximum atomic E-state index is 13.0. The van der Waals surface area contributed by atoms with Gasteiger partial charge in [-0.3, -0.25) is 4.79 Å². The fourth-order valence-electron chi connectivity index (χ4n) is 1.52. The normalized spacial score (nSPS) is 10.7. The van der Waals surface area contributed by atoms with Crippen LogP contribution in [0.15, 0.2) is 28.6 Å². The molecule has 2 aromatic rings. The van der Waals surface area contributed by atoms with Crippen molar-refractivity contribution in [3.05, 3.63) is 30.1 Å². The maximum absolute atomic E-state index is 13.0. The quantitative estimate of drug-likeness (QED) is 0.756. The topological polar surface area (TPSA) is 66.9 Å². The van der Waals surface area contributed by atoms with Crippen LogP contribution < -0.4 is 10.6 Å². The van der Waals surface area contributed by atoms with Crippen LogP contribution in [0.2, 0.25) is 0 Å². The van der Waals surface area contributed by atoms with E-state index in [1.807, 2.05) is 0 Å². The van der Waals surface area contributed by atoms with Crippen molar-refractivity contribution in [3.8, 4) is 0 Å². The molecule has 1 amide bonds. The second-order valence-corrected chi connectivity index (χ2v) is 7.20. The summed E-state index contributed by atoms with van der Waals surface area (Å²) < 4.78 is 13.7. The maximum Gasteiger partial charge on any atom is 0.234 e. The Morgan fingerprint density at radius 1 is 1.41 bits per heavy atom. The number of nitrogens with zero attached hydrogens (tertiary/aromatic N) is 2. The third-order valence-electron chi connectivity index (χ3n) is 2.50. The summed E-state index contributed by atoms with van der Waals surface area (Å²) in [4.78, 5) is 11.8. The highest BCUT2D eigenvalue weighted by Gasteiger charge is 2.09. The van der Waals surface area contributed by atoms with Gasteiger partial charge >= 0.3 is 0 Å². The van der Waals surface area contributed by atoms with Gasteiger partial charge in [-0.1, -0.05) is 43.0 Å². The van der Waals surface area contributed by atoms with Crippen molar-refractivity contribution in [1.29, 1.82) is 0 Å². The van der Waals surface area contributed by atoms with Crippen molar-refractivity contribution < 1.29 is 9.18 Å². The number of halogens is 1. The van der Waals surface area contributed by atoms with Gasteiger partial charge in [0.1, 0.15) is 5.82 Å². The van der Waals surface area contributed by atoms with Gasteiger partial charge in [-0.25, -0.2) is 4.39 Å². The number of hydrogen-bond donors (Lipinski definition) is 2. The van der Waals surface area contributed by atoms with Crippen molar-refractivity contribution in [2.75, 3.05) is 22.9 Å². The van der Waals surface area contributed by atoms with Crippen LogP contribution >= 0.6 is 23.1 Å². The highest BCUT2D eigenvalue weighted by molar-refractivity contribution is 8.01. The number of amides is 1. The average molecular weight is 340 g/mol. The molecule has 0 aliphatic carbocycles. The Labute approximate surface area is 136 Å². The van der Waals surface area contributed by atoms with Crippen molar-refractivity contribution in [2.24, 2.45) is 5.92 Å². The Morgan fingerprint density at radius 2 is 2.23 bits per heavy atom. The summed E-state index contributed by atoms with van der Waals surface area (Å²) in [6, 6.07) is 5.80. The third-order valence-corrected chi connectivity index (χ3v) is 4.52. The average Bonchev–Trinajstić information content (AvgIpc) is 2.91. The Balaban J connectivity index is 1.79. The summed E-state index contributed by atoms with van der Waals surface area (Å²) in [5, 5.41) is 14.6. The molecular formula is C14H17FN4OS2. The lowest BCUT2D eigenvalue weighted by Crippen LogP contribution is -2.13. The molecule has 0 aliphatic heterocycles. The SMILES string of the molecule is CC(C)CNc1nnc(SCC(=O)Nc2cccc(F)c2)s1. The molecule has 0 unspecified atom stereocenters. The number of anilines is 2. The lowest BCUT2D eigenvalue weighted by atomic mass is 10.2. The number of aromatic nitrogens is 2. The Morgan fingerprint density at radius 3 is 2.95 bits per heavy atom. The number of rotatable bonds is 7. The van der Waals surface area contributed by atoms with Crippen LogP contribution in [-0.4, -0.2) is 28.4 Å². The number of hydrogen-bond acceptors (Lipinski definition) is 6.